The summed E-state index contributed by atoms with van der Waals surface area (Å²) in [5, 5.41) is 0. The third-order valence-electron chi connectivity index (χ3n) is 4.21. The maximum Gasteiger partial charge on any atom is 0.0273 e. The number of rotatable bonds is 0. The van der Waals surface area contributed by atoms with Crippen molar-refractivity contribution >= 4 is 0 Å². The summed E-state index contributed by atoms with van der Waals surface area (Å²) in [5.74, 6) is 30.8. The Kier molecular flexibility index (Phi) is 7.41. The van der Waals surface area contributed by atoms with E-state index in [9.17, 15) is 0 Å². The van der Waals surface area contributed by atoms with E-state index in [1.165, 1.54) is 0 Å². The first-order chi connectivity index (χ1) is 15.2. The molecule has 3 aromatic rings. The molecule has 0 heteroatoms. The van der Waals surface area contributed by atoms with E-state index in [2.05, 4.69) is 59.2 Å². The molecule has 31 heavy (non-hydrogen) atoms. The normalized spacial score (nSPS) is 8.48. The van der Waals surface area contributed by atoms with Crippen LogP contribution in [0.3, 0.4) is 0 Å². The van der Waals surface area contributed by atoms with Crippen molar-refractivity contribution in [3.8, 4) is 59.2 Å². The molecule has 3 aromatic carbocycles. The van der Waals surface area contributed by atoms with E-state index in [4.69, 9.17) is 0 Å². The van der Waals surface area contributed by atoms with E-state index in [-0.39, 0.29) is 0 Å². The van der Waals surface area contributed by atoms with Crippen molar-refractivity contribution in [2.24, 2.45) is 0 Å². The van der Waals surface area contributed by atoms with Gasteiger partial charge < -0.3 is 0 Å². The van der Waals surface area contributed by atoms with Crippen molar-refractivity contribution in [3.63, 3.8) is 0 Å². The monoisotopic (exact) mass is 392 g/mol. The Balaban J connectivity index is 1.90. The molecule has 144 valence electrons. The molecule has 0 aromatic heterocycles. The van der Waals surface area contributed by atoms with E-state index >= 15 is 0 Å². The first-order valence-electron chi connectivity index (χ1n) is 9.87. The zero-order chi connectivity index (χ0) is 21.9. The molecule has 0 fully saturated rings. The molecule has 0 amide bonds. The van der Waals surface area contributed by atoms with Gasteiger partial charge in [0.2, 0.25) is 0 Å². The summed E-state index contributed by atoms with van der Waals surface area (Å²) < 4.78 is 0. The van der Waals surface area contributed by atoms with Crippen LogP contribution in [0.1, 0.15) is 59.7 Å². The maximum atomic E-state index is 3.23. The van der Waals surface area contributed by atoms with Crippen molar-refractivity contribution in [1.82, 2.24) is 0 Å². The van der Waals surface area contributed by atoms with Crippen LogP contribution in [0, 0.1) is 59.2 Å². The smallest absolute Gasteiger partial charge is 0.0273 e. The third-order valence-corrected chi connectivity index (χ3v) is 4.21. The van der Waals surface area contributed by atoms with Gasteiger partial charge in [0.05, 0.1) is 0 Å². The van der Waals surface area contributed by atoms with Crippen molar-refractivity contribution in [2.45, 2.75) is 20.8 Å². The molecule has 0 nitrogen and oxygen atoms in total. The lowest BCUT2D eigenvalue weighted by Crippen LogP contribution is -1.85. The van der Waals surface area contributed by atoms with Gasteiger partial charge in [0.15, 0.2) is 0 Å². The quantitative estimate of drug-likeness (QED) is 0.437. The van der Waals surface area contributed by atoms with E-state index in [0.717, 1.165) is 38.9 Å². The molecule has 0 aliphatic carbocycles. The fourth-order valence-corrected chi connectivity index (χ4v) is 2.84. The minimum atomic E-state index is 0.885. The summed E-state index contributed by atoms with van der Waals surface area (Å²) in [7, 11) is 0. The molecule has 0 saturated carbocycles. The minimum absolute atomic E-state index is 0.885. The predicted molar refractivity (Wildman–Crippen MR) is 129 cm³/mol. The Labute approximate surface area is 185 Å². The van der Waals surface area contributed by atoms with Gasteiger partial charge in [-0.15, -0.1) is 17.8 Å². The van der Waals surface area contributed by atoms with Crippen molar-refractivity contribution in [3.05, 3.63) is 106 Å². The molecule has 0 spiro atoms. The van der Waals surface area contributed by atoms with E-state index in [1.807, 2.05) is 87.5 Å². The zero-order valence-corrected chi connectivity index (χ0v) is 17.9. The molecule has 0 bridgehead atoms. The summed E-state index contributed by atoms with van der Waals surface area (Å²) >= 11 is 0. The first-order valence-corrected chi connectivity index (χ1v) is 9.87. The molecule has 0 atom stereocenters. The second kappa shape index (κ2) is 10.9. The summed E-state index contributed by atoms with van der Waals surface area (Å²) in [5.41, 5.74) is 6.53. The van der Waals surface area contributed by atoms with Gasteiger partial charge in [0, 0.05) is 38.9 Å². The van der Waals surface area contributed by atoms with Gasteiger partial charge in [-0.05, 0) is 87.5 Å². The molecule has 0 N–H and O–H groups in total. The zero-order valence-electron chi connectivity index (χ0n) is 17.9. The lowest BCUT2D eigenvalue weighted by molar-refractivity contribution is 1.54. The largest absolute Gasteiger partial charge is 0.101 e. The van der Waals surface area contributed by atoms with Crippen LogP contribution in [0.15, 0.2) is 66.7 Å². The van der Waals surface area contributed by atoms with Crippen LogP contribution in [0.5, 0.6) is 0 Å². The highest BCUT2D eigenvalue weighted by atomic mass is 14.0. The van der Waals surface area contributed by atoms with Crippen LogP contribution >= 0.6 is 0 Å². The van der Waals surface area contributed by atoms with Crippen LogP contribution in [0.2, 0.25) is 0 Å². The highest BCUT2D eigenvalue weighted by Gasteiger charge is 1.97. The lowest BCUT2D eigenvalue weighted by Gasteiger charge is -1.98. The van der Waals surface area contributed by atoms with Gasteiger partial charge in [-0.3, -0.25) is 0 Å². The highest BCUT2D eigenvalue weighted by Crippen LogP contribution is 2.10. The molecule has 3 rings (SSSR count). The number of hydrogen-bond acceptors (Lipinski definition) is 0. The second-order valence-electron chi connectivity index (χ2n) is 6.58. The molecule has 0 aliphatic rings. The standard InChI is InChI=1S/C31H20/c1-4-7-25-10-14-27(15-11-25)18-20-30-22-29(9-6-3)23-31(24-30)21-19-28-16-12-26(8-5-2)13-17-28/h10-17,22-24H,1-3H3. The topological polar surface area (TPSA) is 0 Å². The van der Waals surface area contributed by atoms with Crippen molar-refractivity contribution in [1.29, 1.82) is 0 Å². The predicted octanol–water partition coefficient (Wildman–Crippen LogP) is 5.60. The summed E-state index contributed by atoms with van der Waals surface area (Å²) in [6, 6.07) is 21.8. The first kappa shape index (κ1) is 21.2. The number of hydrogen-bond donors (Lipinski definition) is 0. The van der Waals surface area contributed by atoms with Gasteiger partial charge >= 0.3 is 0 Å². The van der Waals surface area contributed by atoms with Crippen molar-refractivity contribution in [2.75, 3.05) is 0 Å². The molecular formula is C31H20. The highest BCUT2D eigenvalue weighted by molar-refractivity contribution is 5.54. The van der Waals surface area contributed by atoms with Crippen LogP contribution < -0.4 is 0 Å². The Bertz CT molecular complexity index is 1290. The molecule has 0 unspecified atom stereocenters. The van der Waals surface area contributed by atoms with Crippen LogP contribution in [0.4, 0.5) is 0 Å². The Morgan fingerprint density at radius 1 is 0.323 bits per heavy atom. The average molecular weight is 393 g/mol. The summed E-state index contributed by atoms with van der Waals surface area (Å²) in [6.45, 7) is 5.48. The number of benzene rings is 3. The van der Waals surface area contributed by atoms with E-state index in [0.29, 0.717) is 0 Å². The van der Waals surface area contributed by atoms with Crippen LogP contribution in [-0.2, 0) is 0 Å². The molecule has 0 radical (unpaired) electrons. The second-order valence-corrected chi connectivity index (χ2v) is 6.58. The lowest BCUT2D eigenvalue weighted by atomic mass is 10.0. The van der Waals surface area contributed by atoms with E-state index in [1.54, 1.807) is 0 Å². The third kappa shape index (κ3) is 6.49. The van der Waals surface area contributed by atoms with Crippen LogP contribution in [-0.4, -0.2) is 0 Å². The fraction of sp³-hybridized carbons (Fsp3) is 0.0968. The van der Waals surface area contributed by atoms with Gasteiger partial charge in [0.1, 0.15) is 0 Å². The van der Waals surface area contributed by atoms with Gasteiger partial charge in [-0.1, -0.05) is 41.4 Å². The molecule has 0 aliphatic heterocycles. The summed E-state index contributed by atoms with van der Waals surface area (Å²) in [4.78, 5) is 0. The molecule has 0 heterocycles. The Hall–Kier alpha value is -4.54. The van der Waals surface area contributed by atoms with Gasteiger partial charge in [0.25, 0.3) is 0 Å². The SMILES string of the molecule is CC#Cc1ccc(C#Cc2cc(C#CC)cc(C#Cc3ccc(C#CC)cc3)c2)cc1. The maximum absolute atomic E-state index is 3.23. The Morgan fingerprint density at radius 2 is 0.548 bits per heavy atom. The molecule has 0 saturated heterocycles. The van der Waals surface area contributed by atoms with Crippen LogP contribution in [0.25, 0.3) is 0 Å². The fourth-order valence-electron chi connectivity index (χ4n) is 2.84. The van der Waals surface area contributed by atoms with E-state index < -0.39 is 0 Å². The minimum Gasteiger partial charge on any atom is -0.101 e. The molecular weight excluding hydrogens is 372 g/mol. The summed E-state index contributed by atoms with van der Waals surface area (Å²) in [6.07, 6.45) is 0. The van der Waals surface area contributed by atoms with Gasteiger partial charge in [-0.25, -0.2) is 0 Å². The van der Waals surface area contributed by atoms with Gasteiger partial charge in [-0.2, -0.15) is 0 Å². The Morgan fingerprint density at radius 3 is 0.871 bits per heavy atom. The van der Waals surface area contributed by atoms with Crippen molar-refractivity contribution < 1.29 is 0 Å². The average Bonchev–Trinajstić information content (AvgIpc) is 2.79.